The molecular formula is C34H31N5S. The van der Waals surface area contributed by atoms with Crippen molar-refractivity contribution < 1.29 is 0 Å². The van der Waals surface area contributed by atoms with Crippen molar-refractivity contribution in [3.05, 3.63) is 96.8 Å². The van der Waals surface area contributed by atoms with E-state index in [0.29, 0.717) is 5.92 Å². The maximum Gasteiger partial charge on any atom is 0.116 e. The first-order valence-electron chi connectivity index (χ1n) is 13.8. The number of nitrogens with zero attached hydrogens (tertiary/aromatic N) is 2. The van der Waals surface area contributed by atoms with E-state index in [9.17, 15) is 0 Å². The minimum absolute atomic E-state index is 0.554. The number of nitrogens with one attached hydrogen (secondary N) is 3. The number of anilines is 1. The molecule has 0 aliphatic heterocycles. The first-order chi connectivity index (χ1) is 19.5. The summed E-state index contributed by atoms with van der Waals surface area (Å²) in [5.74, 6) is 0.554. The molecule has 4 heterocycles. The molecule has 6 aromatic rings. The van der Waals surface area contributed by atoms with Crippen LogP contribution in [-0.4, -0.2) is 20.2 Å². The van der Waals surface area contributed by atoms with Crippen LogP contribution in [0.1, 0.15) is 37.5 Å². The minimum Gasteiger partial charge on any atom is -0.358 e. The summed E-state index contributed by atoms with van der Waals surface area (Å²) >= 11 is 1.78. The predicted octanol–water partition coefficient (Wildman–Crippen LogP) is 9.65. The van der Waals surface area contributed by atoms with E-state index in [-0.39, 0.29) is 0 Å². The van der Waals surface area contributed by atoms with Crippen LogP contribution in [0.15, 0.2) is 91.9 Å². The maximum absolute atomic E-state index is 4.72. The van der Waals surface area contributed by atoms with Crippen molar-refractivity contribution in [1.82, 2.24) is 20.2 Å². The van der Waals surface area contributed by atoms with Crippen LogP contribution >= 0.6 is 11.3 Å². The van der Waals surface area contributed by atoms with Crippen molar-refractivity contribution in [3.63, 3.8) is 0 Å². The van der Waals surface area contributed by atoms with Gasteiger partial charge in [-0.1, -0.05) is 44.2 Å². The summed E-state index contributed by atoms with van der Waals surface area (Å²) in [5.41, 5.74) is 10.5. The van der Waals surface area contributed by atoms with Crippen LogP contribution in [0.25, 0.3) is 60.3 Å². The molecule has 4 aromatic heterocycles. The van der Waals surface area contributed by atoms with Gasteiger partial charge in [-0.05, 0) is 79.3 Å². The Hall–Kier alpha value is -4.42. The van der Waals surface area contributed by atoms with E-state index in [1.165, 1.54) is 46.4 Å². The number of thiophene rings is 1. The summed E-state index contributed by atoms with van der Waals surface area (Å²) < 4.78 is 0. The van der Waals surface area contributed by atoms with Gasteiger partial charge in [0.15, 0.2) is 0 Å². The highest BCUT2D eigenvalue weighted by Crippen LogP contribution is 2.39. The van der Waals surface area contributed by atoms with E-state index < -0.39 is 0 Å². The van der Waals surface area contributed by atoms with Gasteiger partial charge in [0.05, 0.1) is 23.1 Å². The molecule has 3 N–H and O–H groups in total. The summed E-state index contributed by atoms with van der Waals surface area (Å²) in [7, 11) is 0. The molecule has 0 spiro atoms. The SMILES string of the molecule is C=C(C)c1ccc(-c2cccc3[nH]c(-c4n[nH]c5ccc(-c6cncc(NC(=C)C7CCCC7)c6)cc45)cc23)s1. The molecule has 1 saturated carbocycles. The highest BCUT2D eigenvalue weighted by atomic mass is 32.1. The number of hydrogen-bond donors (Lipinski definition) is 3. The predicted molar refractivity (Wildman–Crippen MR) is 169 cm³/mol. The van der Waals surface area contributed by atoms with Crippen LogP contribution in [0.3, 0.4) is 0 Å². The minimum atomic E-state index is 0.554. The summed E-state index contributed by atoms with van der Waals surface area (Å²) in [4.78, 5) is 10.6. The van der Waals surface area contributed by atoms with Crippen LogP contribution in [0.4, 0.5) is 5.69 Å². The highest BCUT2D eigenvalue weighted by molar-refractivity contribution is 7.16. The normalized spacial score (nSPS) is 13.8. The second kappa shape index (κ2) is 9.96. The second-order valence-corrected chi connectivity index (χ2v) is 11.9. The topological polar surface area (TPSA) is 69.4 Å². The lowest BCUT2D eigenvalue weighted by molar-refractivity contribution is 0.649. The second-order valence-electron chi connectivity index (χ2n) is 10.8. The van der Waals surface area contributed by atoms with Crippen molar-refractivity contribution >= 4 is 44.4 Å². The molecule has 198 valence electrons. The largest absolute Gasteiger partial charge is 0.358 e. The van der Waals surface area contributed by atoms with Gasteiger partial charge < -0.3 is 10.3 Å². The third kappa shape index (κ3) is 4.44. The van der Waals surface area contributed by atoms with Gasteiger partial charge in [0, 0.05) is 49.1 Å². The van der Waals surface area contributed by atoms with Crippen LogP contribution < -0.4 is 5.32 Å². The van der Waals surface area contributed by atoms with E-state index in [1.807, 2.05) is 12.4 Å². The van der Waals surface area contributed by atoms with Gasteiger partial charge in [-0.2, -0.15) is 5.10 Å². The molecular weight excluding hydrogens is 510 g/mol. The molecule has 0 saturated heterocycles. The quantitative estimate of drug-likeness (QED) is 0.188. The fraction of sp³-hybridized carbons (Fsp3) is 0.176. The lowest BCUT2D eigenvalue weighted by atomic mass is 10.0. The zero-order chi connectivity index (χ0) is 27.2. The number of allylic oxidation sites excluding steroid dienone is 2. The number of fused-ring (bicyclic) bond motifs is 2. The van der Waals surface area contributed by atoms with Gasteiger partial charge in [-0.25, -0.2) is 0 Å². The van der Waals surface area contributed by atoms with Crippen molar-refractivity contribution in [3.8, 4) is 33.0 Å². The van der Waals surface area contributed by atoms with Gasteiger partial charge in [-0.15, -0.1) is 11.3 Å². The molecule has 0 bridgehead atoms. The average Bonchev–Trinajstić information content (AvgIpc) is 3.78. The maximum atomic E-state index is 4.72. The van der Waals surface area contributed by atoms with E-state index in [4.69, 9.17) is 5.10 Å². The van der Waals surface area contributed by atoms with Crippen LogP contribution in [-0.2, 0) is 0 Å². The molecule has 0 atom stereocenters. The molecule has 2 aromatic carbocycles. The van der Waals surface area contributed by atoms with Crippen molar-refractivity contribution in [2.45, 2.75) is 32.6 Å². The van der Waals surface area contributed by atoms with Crippen molar-refractivity contribution in [1.29, 1.82) is 0 Å². The van der Waals surface area contributed by atoms with Crippen LogP contribution in [0.2, 0.25) is 0 Å². The average molecular weight is 542 g/mol. The molecule has 0 radical (unpaired) electrons. The van der Waals surface area contributed by atoms with Gasteiger partial charge in [0.25, 0.3) is 0 Å². The molecule has 1 aliphatic carbocycles. The molecule has 1 aliphatic rings. The zero-order valence-electron chi connectivity index (χ0n) is 22.6. The summed E-state index contributed by atoms with van der Waals surface area (Å²) in [6, 6.07) is 21.5. The van der Waals surface area contributed by atoms with Crippen molar-refractivity contribution in [2.75, 3.05) is 5.32 Å². The first-order valence-corrected chi connectivity index (χ1v) is 14.6. The Morgan fingerprint density at radius 1 is 0.925 bits per heavy atom. The number of rotatable bonds is 7. The Bertz CT molecular complexity index is 1900. The molecule has 40 heavy (non-hydrogen) atoms. The standard InChI is InChI=1S/C34H31N5S/c1-20(2)32-13-14-33(40-32)26-9-6-10-29-27(26)17-31(37-29)34-28-16-23(11-12-30(28)38-39-34)24-15-25(19-35-18-24)36-21(3)22-7-4-5-8-22/h6,9-19,22,36-37H,1,3-5,7-8H2,2H3,(H,38,39). The van der Waals surface area contributed by atoms with Gasteiger partial charge in [-0.3, -0.25) is 10.1 Å². The lowest BCUT2D eigenvalue weighted by Crippen LogP contribution is -2.07. The Labute approximate surface area is 237 Å². The molecule has 0 unspecified atom stereocenters. The molecule has 5 nitrogen and oxygen atoms in total. The lowest BCUT2D eigenvalue weighted by Gasteiger charge is -2.16. The smallest absolute Gasteiger partial charge is 0.116 e. The Kier molecular flexibility index (Phi) is 6.13. The fourth-order valence-corrected chi connectivity index (χ4v) is 6.81. The van der Waals surface area contributed by atoms with Gasteiger partial charge >= 0.3 is 0 Å². The summed E-state index contributed by atoms with van der Waals surface area (Å²) in [5, 5.41) is 13.7. The third-order valence-electron chi connectivity index (χ3n) is 8.00. The number of benzene rings is 2. The number of aromatic amines is 2. The zero-order valence-corrected chi connectivity index (χ0v) is 23.4. The fourth-order valence-electron chi connectivity index (χ4n) is 5.84. The molecule has 1 fully saturated rings. The highest BCUT2D eigenvalue weighted by Gasteiger charge is 2.19. The summed E-state index contributed by atoms with van der Waals surface area (Å²) in [6.07, 6.45) is 8.81. The number of hydrogen-bond acceptors (Lipinski definition) is 4. The van der Waals surface area contributed by atoms with E-state index in [2.05, 4.69) is 101 Å². The Balaban J connectivity index is 1.24. The van der Waals surface area contributed by atoms with E-state index >= 15 is 0 Å². The first kappa shape index (κ1) is 24.6. The van der Waals surface area contributed by atoms with Crippen LogP contribution in [0, 0.1) is 5.92 Å². The molecule has 0 amide bonds. The van der Waals surface area contributed by atoms with Crippen LogP contribution in [0.5, 0.6) is 0 Å². The van der Waals surface area contributed by atoms with E-state index in [0.717, 1.165) is 55.9 Å². The number of aromatic nitrogens is 4. The molecule has 6 heteroatoms. The van der Waals surface area contributed by atoms with Gasteiger partial charge in [0.2, 0.25) is 0 Å². The molecule has 7 rings (SSSR count). The Morgan fingerprint density at radius 3 is 2.62 bits per heavy atom. The van der Waals surface area contributed by atoms with E-state index in [1.54, 1.807) is 11.3 Å². The number of pyridine rings is 1. The van der Waals surface area contributed by atoms with Crippen molar-refractivity contribution in [2.24, 2.45) is 5.92 Å². The summed E-state index contributed by atoms with van der Waals surface area (Å²) in [6.45, 7) is 10.5. The monoisotopic (exact) mass is 541 g/mol. The third-order valence-corrected chi connectivity index (χ3v) is 9.28. The number of H-pyrrole nitrogens is 2. The van der Waals surface area contributed by atoms with Gasteiger partial charge in [0.1, 0.15) is 5.69 Å². The Morgan fingerprint density at radius 2 is 1.80 bits per heavy atom.